The van der Waals surface area contributed by atoms with Gasteiger partial charge < -0.3 is 15.6 Å². The number of rotatable bonds is 3. The SMILES string of the molecule is O=C(NCc1cc[nH]c1)NC1CCC1. The fourth-order valence-corrected chi connectivity index (χ4v) is 1.44. The lowest BCUT2D eigenvalue weighted by molar-refractivity contribution is 0.228. The van der Waals surface area contributed by atoms with Gasteiger partial charge in [0, 0.05) is 25.0 Å². The van der Waals surface area contributed by atoms with E-state index in [1.807, 2.05) is 18.5 Å². The molecule has 1 heterocycles. The molecular formula is C10H15N3O. The highest BCUT2D eigenvalue weighted by atomic mass is 16.2. The molecule has 14 heavy (non-hydrogen) atoms. The highest BCUT2D eigenvalue weighted by Crippen LogP contribution is 2.17. The topological polar surface area (TPSA) is 56.9 Å². The van der Waals surface area contributed by atoms with Crippen LogP contribution in [-0.2, 0) is 6.54 Å². The predicted molar refractivity (Wildman–Crippen MR) is 53.8 cm³/mol. The van der Waals surface area contributed by atoms with Gasteiger partial charge in [0.1, 0.15) is 0 Å². The molecule has 1 fully saturated rings. The first-order valence-corrected chi connectivity index (χ1v) is 5.00. The molecule has 0 aromatic carbocycles. The predicted octanol–water partition coefficient (Wildman–Crippen LogP) is 1.37. The van der Waals surface area contributed by atoms with Crippen LogP contribution in [0, 0.1) is 0 Å². The Morgan fingerprint density at radius 3 is 3.00 bits per heavy atom. The number of carbonyl (C=O) groups is 1. The molecule has 0 aliphatic heterocycles. The monoisotopic (exact) mass is 193 g/mol. The van der Waals surface area contributed by atoms with Crippen molar-refractivity contribution in [3.05, 3.63) is 24.0 Å². The van der Waals surface area contributed by atoms with E-state index >= 15 is 0 Å². The number of aromatic nitrogens is 1. The Balaban J connectivity index is 1.67. The number of nitrogens with one attached hydrogen (secondary N) is 3. The summed E-state index contributed by atoms with van der Waals surface area (Å²) in [4.78, 5) is 14.3. The van der Waals surface area contributed by atoms with Gasteiger partial charge in [-0.15, -0.1) is 0 Å². The van der Waals surface area contributed by atoms with E-state index in [0.717, 1.165) is 18.4 Å². The Bertz CT molecular complexity index is 290. The number of hydrogen-bond acceptors (Lipinski definition) is 1. The average Bonchev–Trinajstić information content (AvgIpc) is 2.60. The van der Waals surface area contributed by atoms with Crippen LogP contribution < -0.4 is 10.6 Å². The van der Waals surface area contributed by atoms with Gasteiger partial charge in [0.15, 0.2) is 0 Å². The quantitative estimate of drug-likeness (QED) is 0.667. The zero-order valence-electron chi connectivity index (χ0n) is 8.05. The van der Waals surface area contributed by atoms with Crippen molar-refractivity contribution in [2.45, 2.75) is 31.8 Å². The molecule has 2 rings (SSSR count). The van der Waals surface area contributed by atoms with E-state index in [0.29, 0.717) is 12.6 Å². The van der Waals surface area contributed by atoms with Crippen LogP contribution in [0.5, 0.6) is 0 Å². The molecule has 0 atom stereocenters. The van der Waals surface area contributed by atoms with Crippen molar-refractivity contribution in [1.29, 1.82) is 0 Å². The fourth-order valence-electron chi connectivity index (χ4n) is 1.44. The zero-order valence-corrected chi connectivity index (χ0v) is 8.05. The Morgan fingerprint density at radius 2 is 2.43 bits per heavy atom. The molecule has 76 valence electrons. The van der Waals surface area contributed by atoms with Crippen LogP contribution in [0.2, 0.25) is 0 Å². The van der Waals surface area contributed by atoms with E-state index < -0.39 is 0 Å². The van der Waals surface area contributed by atoms with Crippen LogP contribution in [-0.4, -0.2) is 17.1 Å². The average molecular weight is 193 g/mol. The summed E-state index contributed by atoms with van der Waals surface area (Å²) in [7, 11) is 0. The Morgan fingerprint density at radius 1 is 1.57 bits per heavy atom. The summed E-state index contributed by atoms with van der Waals surface area (Å²) in [5.74, 6) is 0. The molecule has 0 spiro atoms. The van der Waals surface area contributed by atoms with Gasteiger partial charge in [-0.25, -0.2) is 4.79 Å². The summed E-state index contributed by atoms with van der Waals surface area (Å²) in [5, 5.41) is 5.73. The summed E-state index contributed by atoms with van der Waals surface area (Å²) in [6.45, 7) is 0.585. The van der Waals surface area contributed by atoms with Gasteiger partial charge in [-0.1, -0.05) is 0 Å². The van der Waals surface area contributed by atoms with Crippen molar-refractivity contribution in [1.82, 2.24) is 15.6 Å². The van der Waals surface area contributed by atoms with Gasteiger partial charge in [0.05, 0.1) is 0 Å². The van der Waals surface area contributed by atoms with Crippen molar-refractivity contribution >= 4 is 6.03 Å². The van der Waals surface area contributed by atoms with Gasteiger partial charge in [-0.05, 0) is 30.9 Å². The lowest BCUT2D eigenvalue weighted by Crippen LogP contribution is -2.44. The van der Waals surface area contributed by atoms with Crippen molar-refractivity contribution in [3.63, 3.8) is 0 Å². The van der Waals surface area contributed by atoms with Gasteiger partial charge in [0.25, 0.3) is 0 Å². The van der Waals surface area contributed by atoms with Crippen molar-refractivity contribution < 1.29 is 4.79 Å². The normalized spacial score (nSPS) is 16.0. The van der Waals surface area contributed by atoms with Gasteiger partial charge >= 0.3 is 6.03 Å². The Hall–Kier alpha value is -1.45. The second-order valence-electron chi connectivity index (χ2n) is 3.67. The van der Waals surface area contributed by atoms with E-state index in [1.165, 1.54) is 6.42 Å². The van der Waals surface area contributed by atoms with Gasteiger partial charge in [0.2, 0.25) is 0 Å². The molecule has 3 N–H and O–H groups in total. The first-order valence-electron chi connectivity index (χ1n) is 5.00. The van der Waals surface area contributed by atoms with Crippen LogP contribution in [0.3, 0.4) is 0 Å². The summed E-state index contributed by atoms with van der Waals surface area (Å²) in [6.07, 6.45) is 7.21. The first kappa shape index (κ1) is 9.12. The third kappa shape index (κ3) is 2.28. The lowest BCUT2D eigenvalue weighted by atomic mass is 9.93. The zero-order chi connectivity index (χ0) is 9.80. The van der Waals surface area contributed by atoms with Crippen molar-refractivity contribution in [3.8, 4) is 0 Å². The fraction of sp³-hybridized carbons (Fsp3) is 0.500. The highest BCUT2D eigenvalue weighted by molar-refractivity contribution is 5.74. The van der Waals surface area contributed by atoms with E-state index in [1.54, 1.807) is 0 Å². The standard InChI is InChI=1S/C10H15N3O/c14-10(13-9-2-1-3-9)12-7-8-4-5-11-6-8/h4-6,9,11H,1-3,7H2,(H2,12,13,14). The number of urea groups is 1. The molecule has 0 saturated heterocycles. The van der Waals surface area contributed by atoms with Crippen molar-refractivity contribution in [2.75, 3.05) is 0 Å². The summed E-state index contributed by atoms with van der Waals surface area (Å²) in [5.41, 5.74) is 1.09. The second-order valence-corrected chi connectivity index (χ2v) is 3.67. The van der Waals surface area contributed by atoms with Crippen molar-refractivity contribution in [2.24, 2.45) is 0 Å². The number of amides is 2. The summed E-state index contributed by atoms with van der Waals surface area (Å²) in [6, 6.07) is 2.29. The van der Waals surface area contributed by atoms with Crippen LogP contribution in [0.25, 0.3) is 0 Å². The van der Waals surface area contributed by atoms with Crippen LogP contribution >= 0.6 is 0 Å². The minimum absolute atomic E-state index is 0.0594. The number of carbonyl (C=O) groups excluding carboxylic acids is 1. The molecule has 1 aliphatic carbocycles. The molecule has 1 aliphatic rings. The first-order chi connectivity index (χ1) is 6.84. The van der Waals surface area contributed by atoms with E-state index in [-0.39, 0.29) is 6.03 Å². The van der Waals surface area contributed by atoms with E-state index in [4.69, 9.17) is 0 Å². The van der Waals surface area contributed by atoms with Crippen LogP contribution in [0.4, 0.5) is 4.79 Å². The molecule has 2 amide bonds. The molecular weight excluding hydrogens is 178 g/mol. The molecule has 4 nitrogen and oxygen atoms in total. The maximum absolute atomic E-state index is 11.3. The van der Waals surface area contributed by atoms with Crippen LogP contribution in [0.1, 0.15) is 24.8 Å². The minimum Gasteiger partial charge on any atom is -0.367 e. The van der Waals surface area contributed by atoms with Gasteiger partial charge in [-0.3, -0.25) is 0 Å². The molecule has 0 unspecified atom stereocenters. The lowest BCUT2D eigenvalue weighted by Gasteiger charge is -2.26. The maximum atomic E-state index is 11.3. The number of H-pyrrole nitrogens is 1. The number of hydrogen-bond donors (Lipinski definition) is 3. The Labute approximate surface area is 83.1 Å². The third-order valence-electron chi connectivity index (χ3n) is 2.56. The summed E-state index contributed by atoms with van der Waals surface area (Å²) < 4.78 is 0. The second kappa shape index (κ2) is 4.17. The smallest absolute Gasteiger partial charge is 0.315 e. The summed E-state index contributed by atoms with van der Waals surface area (Å²) >= 11 is 0. The molecule has 1 aromatic rings. The van der Waals surface area contributed by atoms with Crippen LogP contribution in [0.15, 0.2) is 18.5 Å². The molecule has 0 radical (unpaired) electrons. The minimum atomic E-state index is -0.0594. The molecule has 0 bridgehead atoms. The Kier molecular flexibility index (Phi) is 2.72. The van der Waals surface area contributed by atoms with Gasteiger partial charge in [-0.2, -0.15) is 0 Å². The maximum Gasteiger partial charge on any atom is 0.315 e. The molecule has 1 aromatic heterocycles. The molecule has 4 heteroatoms. The largest absolute Gasteiger partial charge is 0.367 e. The third-order valence-corrected chi connectivity index (χ3v) is 2.56. The number of aromatic amines is 1. The van der Waals surface area contributed by atoms with E-state index in [2.05, 4.69) is 15.6 Å². The molecule has 1 saturated carbocycles. The van der Waals surface area contributed by atoms with E-state index in [9.17, 15) is 4.79 Å². The highest BCUT2D eigenvalue weighted by Gasteiger charge is 2.18.